The monoisotopic (exact) mass is 390 g/mol. The molecule has 8 heteroatoms. The van der Waals surface area contributed by atoms with Gasteiger partial charge in [0.05, 0.1) is 5.02 Å². The van der Waals surface area contributed by atoms with Gasteiger partial charge in [-0.3, -0.25) is 9.59 Å². The van der Waals surface area contributed by atoms with E-state index in [2.05, 4.69) is 10.3 Å². The van der Waals surface area contributed by atoms with E-state index in [1.54, 1.807) is 6.07 Å². The second kappa shape index (κ2) is 8.26. The van der Waals surface area contributed by atoms with Crippen LogP contribution in [0.5, 0.6) is 5.75 Å². The molecule has 142 valence electrons. The molecule has 3 rings (SSSR count). The van der Waals surface area contributed by atoms with Crippen molar-refractivity contribution in [2.45, 2.75) is 32.1 Å². The van der Waals surface area contributed by atoms with Crippen molar-refractivity contribution in [3.8, 4) is 5.75 Å². The SMILES string of the molecule is O=C(O)COc1ccc(NC(=O)c2cc3c([nH]c2=O)CCCCC3)cc1Cl. The van der Waals surface area contributed by atoms with E-state index in [9.17, 15) is 14.4 Å². The molecular formula is C19H19ClN2O5. The number of aryl methyl sites for hydroxylation is 2. The van der Waals surface area contributed by atoms with Gasteiger partial charge in [0.15, 0.2) is 6.61 Å². The molecule has 0 radical (unpaired) electrons. The van der Waals surface area contributed by atoms with Crippen molar-refractivity contribution in [1.29, 1.82) is 0 Å². The second-order valence-electron chi connectivity index (χ2n) is 6.36. The van der Waals surface area contributed by atoms with Gasteiger partial charge in [0.1, 0.15) is 11.3 Å². The number of carboxylic acids is 1. The number of nitrogens with one attached hydrogen (secondary N) is 2. The minimum atomic E-state index is -1.12. The van der Waals surface area contributed by atoms with Crippen LogP contribution in [0.25, 0.3) is 0 Å². The summed E-state index contributed by atoms with van der Waals surface area (Å²) in [6, 6.07) is 6.09. The third kappa shape index (κ3) is 4.68. The standard InChI is InChI=1S/C19H19ClN2O5/c20-14-9-12(6-7-16(14)27-10-17(23)24)21-18(25)13-8-11-4-2-1-3-5-15(11)22-19(13)26/h6-9H,1-5,10H2,(H,21,25)(H,22,26)(H,23,24). The van der Waals surface area contributed by atoms with Crippen LogP contribution in [0.3, 0.4) is 0 Å². The van der Waals surface area contributed by atoms with Gasteiger partial charge in [0.2, 0.25) is 0 Å². The fourth-order valence-corrected chi connectivity index (χ4v) is 3.29. The first-order valence-corrected chi connectivity index (χ1v) is 9.02. The molecule has 1 amide bonds. The highest BCUT2D eigenvalue weighted by atomic mass is 35.5. The van der Waals surface area contributed by atoms with Crippen LogP contribution in [0.2, 0.25) is 5.02 Å². The first kappa shape index (κ1) is 19.0. The summed E-state index contributed by atoms with van der Waals surface area (Å²) >= 11 is 6.05. The smallest absolute Gasteiger partial charge is 0.341 e. The molecule has 0 spiro atoms. The molecule has 0 fully saturated rings. The lowest BCUT2D eigenvalue weighted by atomic mass is 10.1. The molecule has 3 N–H and O–H groups in total. The minimum absolute atomic E-state index is 0.0537. The summed E-state index contributed by atoms with van der Waals surface area (Å²) in [7, 11) is 0. The van der Waals surface area contributed by atoms with Crippen LogP contribution in [0.4, 0.5) is 5.69 Å². The Morgan fingerprint density at radius 1 is 1.19 bits per heavy atom. The Kier molecular flexibility index (Phi) is 5.81. The average Bonchev–Trinajstić information content (AvgIpc) is 2.84. The summed E-state index contributed by atoms with van der Waals surface area (Å²) in [6.07, 6.45) is 4.83. The average molecular weight is 391 g/mol. The zero-order valence-electron chi connectivity index (χ0n) is 14.5. The van der Waals surface area contributed by atoms with E-state index in [1.165, 1.54) is 18.2 Å². The lowest BCUT2D eigenvalue weighted by Crippen LogP contribution is -2.25. The number of benzene rings is 1. The number of anilines is 1. The maximum Gasteiger partial charge on any atom is 0.341 e. The molecule has 27 heavy (non-hydrogen) atoms. The van der Waals surface area contributed by atoms with E-state index in [0.717, 1.165) is 43.4 Å². The maximum absolute atomic E-state index is 12.5. The number of carbonyl (C=O) groups is 2. The van der Waals surface area contributed by atoms with Crippen LogP contribution >= 0.6 is 11.6 Å². The molecule has 2 aromatic rings. The number of aliphatic carboxylic acids is 1. The summed E-state index contributed by atoms with van der Waals surface area (Å²) in [4.78, 5) is 38.2. The lowest BCUT2D eigenvalue weighted by Gasteiger charge is -2.11. The highest BCUT2D eigenvalue weighted by Gasteiger charge is 2.17. The van der Waals surface area contributed by atoms with Gasteiger partial charge in [-0.15, -0.1) is 0 Å². The van der Waals surface area contributed by atoms with Crippen LogP contribution in [-0.4, -0.2) is 28.6 Å². The van der Waals surface area contributed by atoms with Crippen molar-refractivity contribution in [2.24, 2.45) is 0 Å². The quantitative estimate of drug-likeness (QED) is 0.680. The Bertz CT molecular complexity index is 938. The van der Waals surface area contributed by atoms with Crippen LogP contribution < -0.4 is 15.6 Å². The number of carbonyl (C=O) groups excluding carboxylic acids is 1. The Morgan fingerprint density at radius 3 is 2.70 bits per heavy atom. The number of hydrogen-bond donors (Lipinski definition) is 3. The number of ether oxygens (including phenoxy) is 1. The molecule has 1 heterocycles. The van der Waals surface area contributed by atoms with Crippen molar-refractivity contribution in [3.63, 3.8) is 0 Å². The van der Waals surface area contributed by atoms with Gasteiger partial charge >= 0.3 is 5.97 Å². The van der Waals surface area contributed by atoms with Crippen molar-refractivity contribution in [2.75, 3.05) is 11.9 Å². The molecule has 7 nitrogen and oxygen atoms in total. The fourth-order valence-electron chi connectivity index (χ4n) is 3.05. The summed E-state index contributed by atoms with van der Waals surface area (Å²) in [6.45, 7) is -0.518. The van der Waals surface area contributed by atoms with Gasteiger partial charge in [-0.05, 0) is 55.5 Å². The molecule has 0 saturated heterocycles. The first-order valence-electron chi connectivity index (χ1n) is 8.64. The number of aromatic amines is 1. The number of amides is 1. The van der Waals surface area contributed by atoms with E-state index in [1.807, 2.05) is 0 Å². The Morgan fingerprint density at radius 2 is 1.96 bits per heavy atom. The lowest BCUT2D eigenvalue weighted by molar-refractivity contribution is -0.139. The summed E-state index contributed by atoms with van der Waals surface area (Å²) in [5.41, 5.74) is 1.94. The van der Waals surface area contributed by atoms with Crippen molar-refractivity contribution in [1.82, 2.24) is 4.98 Å². The van der Waals surface area contributed by atoms with Crippen molar-refractivity contribution >= 4 is 29.2 Å². The summed E-state index contributed by atoms with van der Waals surface area (Å²) < 4.78 is 5.04. The van der Waals surface area contributed by atoms with E-state index in [4.69, 9.17) is 21.4 Å². The molecule has 0 unspecified atom stereocenters. The number of halogens is 1. The van der Waals surface area contributed by atoms with Gasteiger partial charge in [0, 0.05) is 11.4 Å². The predicted molar refractivity (Wildman–Crippen MR) is 101 cm³/mol. The van der Waals surface area contributed by atoms with Gasteiger partial charge in [0.25, 0.3) is 11.5 Å². The number of aromatic nitrogens is 1. The number of fused-ring (bicyclic) bond motifs is 1. The maximum atomic E-state index is 12.5. The largest absolute Gasteiger partial charge is 0.480 e. The summed E-state index contributed by atoms with van der Waals surface area (Å²) in [5.74, 6) is -1.45. The molecule has 1 aromatic carbocycles. The third-order valence-corrected chi connectivity index (χ3v) is 4.67. The topological polar surface area (TPSA) is 108 Å². The van der Waals surface area contributed by atoms with Gasteiger partial charge in [-0.2, -0.15) is 0 Å². The molecule has 0 saturated carbocycles. The van der Waals surface area contributed by atoms with E-state index in [0.29, 0.717) is 5.69 Å². The normalized spacial score (nSPS) is 13.4. The van der Waals surface area contributed by atoms with Crippen molar-refractivity contribution < 1.29 is 19.4 Å². The molecule has 0 aliphatic heterocycles. The zero-order chi connectivity index (χ0) is 19.4. The highest BCUT2D eigenvalue weighted by molar-refractivity contribution is 6.32. The Labute approximate surface area is 160 Å². The molecule has 0 atom stereocenters. The number of carboxylic acid groups (broad SMARTS) is 1. The van der Waals surface area contributed by atoms with Gasteiger partial charge < -0.3 is 20.1 Å². The third-order valence-electron chi connectivity index (χ3n) is 4.37. The van der Waals surface area contributed by atoms with Crippen LogP contribution in [-0.2, 0) is 17.6 Å². The Hall–Kier alpha value is -2.80. The number of pyridine rings is 1. The second-order valence-corrected chi connectivity index (χ2v) is 6.77. The van der Waals surface area contributed by atoms with Crippen molar-refractivity contribution in [3.05, 3.63) is 56.5 Å². The molecule has 1 aromatic heterocycles. The van der Waals surface area contributed by atoms with E-state index < -0.39 is 24.0 Å². The molecule has 1 aliphatic carbocycles. The molecule has 0 bridgehead atoms. The van der Waals surface area contributed by atoms with Gasteiger partial charge in [-0.25, -0.2) is 4.79 Å². The number of H-pyrrole nitrogens is 1. The van der Waals surface area contributed by atoms with Gasteiger partial charge in [-0.1, -0.05) is 18.0 Å². The minimum Gasteiger partial charge on any atom is -0.480 e. The van der Waals surface area contributed by atoms with E-state index >= 15 is 0 Å². The fraction of sp³-hybridized carbons (Fsp3) is 0.316. The number of hydrogen-bond acceptors (Lipinski definition) is 4. The summed E-state index contributed by atoms with van der Waals surface area (Å²) in [5, 5.41) is 11.4. The molecule has 1 aliphatic rings. The highest BCUT2D eigenvalue weighted by Crippen LogP contribution is 2.28. The number of rotatable bonds is 5. The van der Waals surface area contributed by atoms with Crippen LogP contribution in [0, 0.1) is 0 Å². The van der Waals surface area contributed by atoms with Crippen LogP contribution in [0.15, 0.2) is 29.1 Å². The Balaban J connectivity index is 1.77. The molecular weight excluding hydrogens is 372 g/mol. The van der Waals surface area contributed by atoms with E-state index in [-0.39, 0.29) is 16.3 Å². The van der Waals surface area contributed by atoms with Crippen LogP contribution in [0.1, 0.15) is 40.9 Å². The predicted octanol–water partition coefficient (Wildman–Crippen LogP) is 3.01. The first-order chi connectivity index (χ1) is 12.9. The zero-order valence-corrected chi connectivity index (χ0v) is 15.3.